The predicted molar refractivity (Wildman–Crippen MR) is 78.8 cm³/mol. The minimum atomic E-state index is -0.635. The number of thiazole rings is 1. The topological polar surface area (TPSA) is 57.5 Å². The molecule has 0 spiro atoms. The summed E-state index contributed by atoms with van der Waals surface area (Å²) in [5, 5.41) is 16.0. The molecule has 1 aromatic carbocycles. The van der Waals surface area contributed by atoms with Gasteiger partial charge in [0, 0.05) is 10.9 Å². The monoisotopic (exact) mass is 377 g/mol. The molecule has 0 saturated carbocycles. The predicted octanol–water partition coefficient (Wildman–Crippen LogP) is 3.35. The van der Waals surface area contributed by atoms with Gasteiger partial charge < -0.3 is 5.11 Å². The summed E-state index contributed by atoms with van der Waals surface area (Å²) in [6.45, 7) is 1.88. The third kappa shape index (κ3) is 2.96. The van der Waals surface area contributed by atoms with Crippen LogP contribution in [0, 0.1) is 16.3 Å². The second kappa shape index (κ2) is 5.61. The number of anilines is 1. The number of nitrogens with one attached hydrogen (secondary N) is 1. The number of phenols is 1. The first kappa shape index (κ1) is 13.2. The molecule has 1 aromatic heterocycles. The van der Waals surface area contributed by atoms with E-state index in [-0.39, 0.29) is 0 Å². The highest BCUT2D eigenvalue weighted by molar-refractivity contribution is 14.1. The molecule has 18 heavy (non-hydrogen) atoms. The Labute approximate surface area is 121 Å². The Hall–Kier alpha value is -1.22. The highest BCUT2D eigenvalue weighted by Gasteiger charge is 2.08. The van der Waals surface area contributed by atoms with Gasteiger partial charge in [-0.3, -0.25) is 5.43 Å². The van der Waals surface area contributed by atoms with Crippen molar-refractivity contribution in [3.63, 3.8) is 0 Å². The fourth-order valence-electron chi connectivity index (χ4n) is 1.22. The molecule has 0 bridgehead atoms. The maximum absolute atomic E-state index is 13.4. The number of hydrazone groups is 1. The number of rotatable bonds is 3. The Morgan fingerprint density at radius 1 is 1.56 bits per heavy atom. The van der Waals surface area contributed by atoms with Crippen LogP contribution < -0.4 is 5.43 Å². The molecular formula is C11H9FIN3OS. The zero-order valence-electron chi connectivity index (χ0n) is 9.32. The minimum Gasteiger partial charge on any atom is -0.504 e. The third-order valence-electron chi connectivity index (χ3n) is 2.08. The lowest BCUT2D eigenvalue weighted by Crippen LogP contribution is -1.93. The summed E-state index contributed by atoms with van der Waals surface area (Å²) >= 11 is 3.23. The van der Waals surface area contributed by atoms with Crippen molar-refractivity contribution in [2.45, 2.75) is 6.92 Å². The number of nitrogens with zero attached hydrogens (tertiary/aromatic N) is 2. The van der Waals surface area contributed by atoms with Crippen LogP contribution in [0.5, 0.6) is 5.75 Å². The summed E-state index contributed by atoms with van der Waals surface area (Å²) in [6, 6.07) is 3.17. The molecule has 2 rings (SSSR count). The Balaban J connectivity index is 2.12. The first-order chi connectivity index (χ1) is 8.58. The summed E-state index contributed by atoms with van der Waals surface area (Å²) in [4.78, 5) is 4.15. The maximum Gasteiger partial charge on any atom is 0.203 e. The molecule has 0 fully saturated rings. The molecular weight excluding hydrogens is 368 g/mol. The average molecular weight is 377 g/mol. The molecule has 0 atom stereocenters. The van der Waals surface area contributed by atoms with Crippen molar-refractivity contribution in [2.75, 3.05) is 5.43 Å². The second-order valence-electron chi connectivity index (χ2n) is 3.46. The van der Waals surface area contributed by atoms with E-state index in [1.807, 2.05) is 34.9 Å². The van der Waals surface area contributed by atoms with Gasteiger partial charge in [-0.15, -0.1) is 11.3 Å². The van der Waals surface area contributed by atoms with Gasteiger partial charge in [0.15, 0.2) is 11.6 Å². The lowest BCUT2D eigenvalue weighted by molar-refractivity contribution is 0.429. The zero-order chi connectivity index (χ0) is 13.1. The van der Waals surface area contributed by atoms with Gasteiger partial charge in [0.1, 0.15) is 0 Å². The van der Waals surface area contributed by atoms with Crippen LogP contribution in [0.4, 0.5) is 9.52 Å². The van der Waals surface area contributed by atoms with Gasteiger partial charge in [0.05, 0.1) is 15.5 Å². The van der Waals surface area contributed by atoms with E-state index in [0.29, 0.717) is 14.3 Å². The number of aromatic hydroxyl groups is 1. The summed E-state index contributed by atoms with van der Waals surface area (Å²) in [7, 11) is 0. The number of halogens is 2. The molecule has 0 aliphatic carbocycles. The molecule has 0 aliphatic heterocycles. The second-order valence-corrected chi connectivity index (χ2v) is 5.48. The fraction of sp³-hybridized carbons (Fsp3) is 0.0909. The van der Waals surface area contributed by atoms with Crippen molar-refractivity contribution in [3.8, 4) is 5.75 Å². The molecule has 2 N–H and O–H groups in total. The Morgan fingerprint density at radius 3 is 3.00 bits per heavy atom. The van der Waals surface area contributed by atoms with Gasteiger partial charge in [-0.25, -0.2) is 9.37 Å². The van der Waals surface area contributed by atoms with Crippen molar-refractivity contribution in [3.05, 3.63) is 38.2 Å². The summed E-state index contributed by atoms with van der Waals surface area (Å²) in [6.07, 6.45) is 1.35. The summed E-state index contributed by atoms with van der Waals surface area (Å²) < 4.78 is 13.8. The van der Waals surface area contributed by atoms with Gasteiger partial charge in [-0.1, -0.05) is 0 Å². The molecule has 7 heteroatoms. The van der Waals surface area contributed by atoms with Gasteiger partial charge in [0.2, 0.25) is 5.13 Å². The van der Waals surface area contributed by atoms with Crippen LogP contribution in [0.3, 0.4) is 0 Å². The molecule has 0 saturated heterocycles. The van der Waals surface area contributed by atoms with Crippen LogP contribution in [0.25, 0.3) is 0 Å². The van der Waals surface area contributed by atoms with E-state index in [1.54, 1.807) is 12.1 Å². The first-order valence-corrected chi connectivity index (χ1v) is 6.92. The average Bonchev–Trinajstić information content (AvgIpc) is 2.75. The van der Waals surface area contributed by atoms with E-state index < -0.39 is 11.6 Å². The quantitative estimate of drug-likeness (QED) is 0.490. The van der Waals surface area contributed by atoms with E-state index in [0.717, 1.165) is 5.69 Å². The van der Waals surface area contributed by atoms with Gasteiger partial charge >= 0.3 is 0 Å². The van der Waals surface area contributed by atoms with E-state index in [1.165, 1.54) is 17.6 Å². The number of aryl methyl sites for hydroxylation is 1. The highest BCUT2D eigenvalue weighted by atomic mass is 127. The number of aromatic nitrogens is 1. The zero-order valence-corrected chi connectivity index (χ0v) is 12.3. The van der Waals surface area contributed by atoms with Gasteiger partial charge in [-0.05, 0) is 41.6 Å². The highest BCUT2D eigenvalue weighted by Crippen LogP contribution is 2.24. The van der Waals surface area contributed by atoms with E-state index >= 15 is 0 Å². The lowest BCUT2D eigenvalue weighted by Gasteiger charge is -2.01. The number of hydrogen-bond donors (Lipinski definition) is 2. The fourth-order valence-corrected chi connectivity index (χ4v) is 2.29. The number of hydrogen-bond acceptors (Lipinski definition) is 5. The van der Waals surface area contributed by atoms with Gasteiger partial charge in [0.25, 0.3) is 0 Å². The molecule has 0 amide bonds. The van der Waals surface area contributed by atoms with Crippen LogP contribution in [-0.2, 0) is 0 Å². The minimum absolute atomic E-state index is 0.314. The molecule has 94 valence electrons. The van der Waals surface area contributed by atoms with Crippen LogP contribution >= 0.6 is 33.9 Å². The Morgan fingerprint density at radius 2 is 2.33 bits per heavy atom. The smallest absolute Gasteiger partial charge is 0.203 e. The van der Waals surface area contributed by atoms with E-state index in [4.69, 9.17) is 0 Å². The molecule has 2 aromatic rings. The molecule has 1 heterocycles. The third-order valence-corrected chi connectivity index (χ3v) is 3.78. The van der Waals surface area contributed by atoms with Crippen molar-refractivity contribution in [1.29, 1.82) is 0 Å². The van der Waals surface area contributed by atoms with Crippen molar-refractivity contribution in [2.24, 2.45) is 5.10 Å². The normalized spacial score (nSPS) is 11.1. The van der Waals surface area contributed by atoms with Crippen LogP contribution in [0.1, 0.15) is 11.3 Å². The molecule has 0 aliphatic rings. The largest absolute Gasteiger partial charge is 0.504 e. The standard InChI is InChI=1S/C11H9FIN3OS/c1-6-5-18-11(15-6)16-14-4-7-2-3-8(13)9(12)10(7)17/h2-5,17H,1H3,(H,15,16). The Bertz CT molecular complexity index is 600. The van der Waals surface area contributed by atoms with Crippen molar-refractivity contribution >= 4 is 45.3 Å². The number of phenolic OH excluding ortho intramolecular Hbond substituents is 1. The summed E-state index contributed by atoms with van der Waals surface area (Å²) in [5.41, 5.74) is 3.93. The van der Waals surface area contributed by atoms with Crippen LogP contribution in [-0.4, -0.2) is 16.3 Å². The SMILES string of the molecule is Cc1csc(NN=Cc2ccc(I)c(F)c2O)n1. The first-order valence-electron chi connectivity index (χ1n) is 4.96. The lowest BCUT2D eigenvalue weighted by atomic mass is 10.2. The summed E-state index contributed by atoms with van der Waals surface area (Å²) in [5.74, 6) is -1.03. The van der Waals surface area contributed by atoms with Crippen molar-refractivity contribution in [1.82, 2.24) is 4.98 Å². The molecule has 0 radical (unpaired) electrons. The molecule has 4 nitrogen and oxygen atoms in total. The maximum atomic E-state index is 13.4. The Kier molecular flexibility index (Phi) is 4.12. The van der Waals surface area contributed by atoms with E-state index in [9.17, 15) is 9.50 Å². The van der Waals surface area contributed by atoms with E-state index in [2.05, 4.69) is 15.5 Å². The molecule has 0 unspecified atom stereocenters. The van der Waals surface area contributed by atoms with Crippen LogP contribution in [0.15, 0.2) is 22.6 Å². The van der Waals surface area contributed by atoms with Gasteiger partial charge in [-0.2, -0.15) is 5.10 Å². The van der Waals surface area contributed by atoms with Crippen molar-refractivity contribution < 1.29 is 9.50 Å². The number of benzene rings is 1. The van der Waals surface area contributed by atoms with Crippen LogP contribution in [0.2, 0.25) is 0 Å².